The van der Waals surface area contributed by atoms with Crippen molar-refractivity contribution < 1.29 is 0 Å². The highest BCUT2D eigenvalue weighted by molar-refractivity contribution is 5.66. The van der Waals surface area contributed by atoms with Crippen LogP contribution in [0.4, 0.5) is 5.82 Å². The van der Waals surface area contributed by atoms with E-state index < -0.39 is 0 Å². The second-order valence-electron chi connectivity index (χ2n) is 4.70. The summed E-state index contributed by atoms with van der Waals surface area (Å²) in [6.07, 6.45) is 3.43. The third-order valence-corrected chi connectivity index (χ3v) is 3.06. The topological polar surface area (TPSA) is 55.6 Å². The molecule has 2 aromatic rings. The van der Waals surface area contributed by atoms with Crippen LogP contribution in [-0.2, 0) is 6.54 Å². The Hall–Kier alpha value is -1.91. The number of hydrogen-bond acceptors (Lipinski definition) is 4. The summed E-state index contributed by atoms with van der Waals surface area (Å²) in [4.78, 5) is 8.85. The van der Waals surface area contributed by atoms with Gasteiger partial charge in [-0.3, -0.25) is 4.68 Å². The third kappa shape index (κ3) is 2.59. The molecule has 0 fully saturated rings. The Morgan fingerprint density at radius 1 is 1.26 bits per heavy atom. The summed E-state index contributed by atoms with van der Waals surface area (Å²) >= 11 is 0. The summed E-state index contributed by atoms with van der Waals surface area (Å²) < 4.78 is 1.96. The molecular weight excluding hydrogens is 238 g/mol. The number of hydrogen-bond donors (Lipinski definition) is 1. The van der Waals surface area contributed by atoms with Crippen molar-refractivity contribution in [1.82, 2.24) is 19.7 Å². The SMILES string of the molecule is CCNc1ncnc(-c2ccnn2CC)c1C(C)C. The summed E-state index contributed by atoms with van der Waals surface area (Å²) in [5.41, 5.74) is 3.17. The van der Waals surface area contributed by atoms with Crippen LogP contribution in [-0.4, -0.2) is 26.3 Å². The molecule has 0 amide bonds. The van der Waals surface area contributed by atoms with Crippen molar-refractivity contribution >= 4 is 5.82 Å². The largest absolute Gasteiger partial charge is 0.370 e. The second-order valence-corrected chi connectivity index (χ2v) is 4.70. The zero-order valence-electron chi connectivity index (χ0n) is 12.0. The van der Waals surface area contributed by atoms with E-state index in [9.17, 15) is 0 Å². The Kier molecular flexibility index (Phi) is 4.14. The minimum Gasteiger partial charge on any atom is -0.370 e. The first-order valence-electron chi connectivity index (χ1n) is 6.79. The van der Waals surface area contributed by atoms with E-state index in [4.69, 9.17) is 0 Å². The highest BCUT2D eigenvalue weighted by Gasteiger charge is 2.18. The average Bonchev–Trinajstić information content (AvgIpc) is 2.86. The van der Waals surface area contributed by atoms with Gasteiger partial charge in [0.05, 0.1) is 11.4 Å². The van der Waals surface area contributed by atoms with Gasteiger partial charge in [-0.15, -0.1) is 0 Å². The van der Waals surface area contributed by atoms with Crippen LogP contribution in [0.1, 0.15) is 39.2 Å². The molecule has 0 aromatic carbocycles. The molecule has 19 heavy (non-hydrogen) atoms. The number of nitrogens with zero attached hydrogens (tertiary/aromatic N) is 4. The van der Waals surface area contributed by atoms with Crippen molar-refractivity contribution in [2.24, 2.45) is 0 Å². The molecule has 2 aromatic heterocycles. The van der Waals surface area contributed by atoms with Crippen LogP contribution in [0.2, 0.25) is 0 Å². The molecule has 5 nitrogen and oxygen atoms in total. The second kappa shape index (κ2) is 5.82. The zero-order chi connectivity index (χ0) is 13.8. The van der Waals surface area contributed by atoms with Crippen molar-refractivity contribution in [3.8, 4) is 11.4 Å². The summed E-state index contributed by atoms with van der Waals surface area (Å²) in [6.45, 7) is 10.2. The maximum Gasteiger partial charge on any atom is 0.133 e. The monoisotopic (exact) mass is 259 g/mol. The van der Waals surface area contributed by atoms with Gasteiger partial charge < -0.3 is 5.32 Å². The molecule has 2 rings (SSSR count). The Morgan fingerprint density at radius 2 is 2.05 bits per heavy atom. The first kappa shape index (κ1) is 13.5. The van der Waals surface area contributed by atoms with Gasteiger partial charge in [-0.25, -0.2) is 9.97 Å². The molecule has 0 spiro atoms. The summed E-state index contributed by atoms with van der Waals surface area (Å²) in [6, 6.07) is 2.01. The Morgan fingerprint density at radius 3 is 2.68 bits per heavy atom. The molecule has 0 atom stereocenters. The summed E-state index contributed by atoms with van der Waals surface area (Å²) in [5.74, 6) is 1.27. The van der Waals surface area contributed by atoms with E-state index in [1.54, 1.807) is 6.33 Å². The zero-order valence-corrected chi connectivity index (χ0v) is 12.0. The van der Waals surface area contributed by atoms with Gasteiger partial charge in [-0.2, -0.15) is 5.10 Å². The normalized spacial score (nSPS) is 11.0. The van der Waals surface area contributed by atoms with Gasteiger partial charge in [-0.1, -0.05) is 13.8 Å². The molecule has 0 saturated carbocycles. The van der Waals surface area contributed by atoms with Crippen molar-refractivity contribution in [2.45, 2.75) is 40.2 Å². The fraction of sp³-hybridized carbons (Fsp3) is 0.500. The van der Waals surface area contributed by atoms with Gasteiger partial charge in [0.15, 0.2) is 0 Å². The minimum atomic E-state index is 0.352. The molecular formula is C14H21N5. The van der Waals surface area contributed by atoms with Crippen LogP contribution in [0.25, 0.3) is 11.4 Å². The highest BCUT2D eigenvalue weighted by atomic mass is 15.3. The summed E-state index contributed by atoms with van der Waals surface area (Å²) in [5, 5.41) is 7.64. The lowest BCUT2D eigenvalue weighted by Gasteiger charge is -2.16. The lowest BCUT2D eigenvalue weighted by Crippen LogP contribution is -2.09. The maximum absolute atomic E-state index is 4.48. The molecule has 1 N–H and O–H groups in total. The smallest absolute Gasteiger partial charge is 0.133 e. The van der Waals surface area contributed by atoms with Crippen molar-refractivity contribution in [2.75, 3.05) is 11.9 Å². The Labute approximate surface area is 114 Å². The van der Waals surface area contributed by atoms with Gasteiger partial charge >= 0.3 is 0 Å². The molecule has 5 heteroatoms. The van der Waals surface area contributed by atoms with E-state index in [0.29, 0.717) is 5.92 Å². The van der Waals surface area contributed by atoms with E-state index in [-0.39, 0.29) is 0 Å². The molecule has 0 saturated heterocycles. The van der Waals surface area contributed by atoms with Gasteiger partial charge in [-0.05, 0) is 25.8 Å². The van der Waals surface area contributed by atoms with Crippen molar-refractivity contribution in [3.63, 3.8) is 0 Å². The molecule has 0 aliphatic rings. The lowest BCUT2D eigenvalue weighted by atomic mass is 10.00. The van der Waals surface area contributed by atoms with E-state index >= 15 is 0 Å². The number of nitrogens with one attached hydrogen (secondary N) is 1. The van der Waals surface area contributed by atoms with Gasteiger partial charge in [0.2, 0.25) is 0 Å². The number of aryl methyl sites for hydroxylation is 1. The van der Waals surface area contributed by atoms with Crippen LogP contribution >= 0.6 is 0 Å². The predicted octanol–water partition coefficient (Wildman–Crippen LogP) is 2.92. The van der Waals surface area contributed by atoms with E-state index in [1.807, 2.05) is 16.9 Å². The molecule has 2 heterocycles. The summed E-state index contributed by atoms with van der Waals surface area (Å²) in [7, 11) is 0. The van der Waals surface area contributed by atoms with Crippen LogP contribution in [0.5, 0.6) is 0 Å². The third-order valence-electron chi connectivity index (χ3n) is 3.06. The molecule has 0 unspecified atom stereocenters. The van der Waals surface area contributed by atoms with E-state index in [0.717, 1.165) is 35.9 Å². The standard InChI is InChI=1S/C14H21N5/c1-5-15-14-12(10(3)4)13(16-9-17-14)11-7-8-18-19(11)6-2/h7-10H,5-6H2,1-4H3,(H,15,16,17). The fourth-order valence-electron chi connectivity index (χ4n) is 2.24. The fourth-order valence-corrected chi connectivity index (χ4v) is 2.24. The van der Waals surface area contributed by atoms with Crippen LogP contribution in [0, 0.1) is 0 Å². The molecule has 0 aliphatic heterocycles. The first-order chi connectivity index (χ1) is 9.19. The molecule has 102 valence electrons. The van der Waals surface area contributed by atoms with Gasteiger partial charge in [0, 0.05) is 24.8 Å². The number of aromatic nitrogens is 4. The van der Waals surface area contributed by atoms with Crippen LogP contribution in [0.3, 0.4) is 0 Å². The maximum atomic E-state index is 4.48. The van der Waals surface area contributed by atoms with Crippen molar-refractivity contribution in [1.29, 1.82) is 0 Å². The predicted molar refractivity (Wildman–Crippen MR) is 77.2 cm³/mol. The van der Waals surface area contributed by atoms with Gasteiger partial charge in [0.1, 0.15) is 12.1 Å². The number of anilines is 1. The molecule has 0 radical (unpaired) electrons. The quantitative estimate of drug-likeness (QED) is 0.897. The molecule has 0 aliphatic carbocycles. The molecule has 0 bridgehead atoms. The van der Waals surface area contributed by atoms with Crippen LogP contribution < -0.4 is 5.32 Å². The van der Waals surface area contributed by atoms with E-state index in [2.05, 4.69) is 48.1 Å². The first-order valence-corrected chi connectivity index (χ1v) is 6.79. The van der Waals surface area contributed by atoms with Crippen LogP contribution in [0.15, 0.2) is 18.6 Å². The van der Waals surface area contributed by atoms with Gasteiger partial charge in [0.25, 0.3) is 0 Å². The van der Waals surface area contributed by atoms with E-state index in [1.165, 1.54) is 0 Å². The highest BCUT2D eigenvalue weighted by Crippen LogP contribution is 2.31. The average molecular weight is 259 g/mol. The lowest BCUT2D eigenvalue weighted by molar-refractivity contribution is 0.664. The Balaban J connectivity index is 2.59. The minimum absolute atomic E-state index is 0.352. The van der Waals surface area contributed by atoms with Crippen molar-refractivity contribution in [3.05, 3.63) is 24.2 Å². The Bertz CT molecular complexity index is 545. The number of rotatable bonds is 5.